The monoisotopic (exact) mass is 1010 g/mol. The van der Waals surface area contributed by atoms with E-state index in [1.54, 1.807) is 176 Å². The molecule has 0 aliphatic rings. The molecule has 0 unspecified atom stereocenters. The second-order valence-corrected chi connectivity index (χ2v) is 19.3. The van der Waals surface area contributed by atoms with Gasteiger partial charge in [0.1, 0.15) is 36.3 Å². The van der Waals surface area contributed by atoms with Crippen molar-refractivity contribution in [1.29, 1.82) is 0 Å². The van der Waals surface area contributed by atoms with E-state index in [9.17, 15) is 38.4 Å². The van der Waals surface area contributed by atoms with Crippen LogP contribution in [0.3, 0.4) is 0 Å². The standard InChI is InChI=1S/C56H61N6O10P/c1-71-73(70,72-2)62-49(37-43-29-17-7-18-30-43)55(67)60-47(35-41-25-13-5-14-26-41)53(65)58-45(33-39-21-9-3-10-22-39)51(63)57-46(34-40-23-11-4-12-24-40)52(64)59-48(36-42-27-15-6-16-28-42)54(66)61-50(56(68)69)38-44-31-19-8-20-32-44/h3-32,45-50H,33-38H2,1-2H3,(H,57,63)(H,58,65)(H,59,64)(H,60,67)(H,61,66)(H,62,70)(H,68,69)/t45-,46-,47-,48-,49-,50-/m0/s1. The van der Waals surface area contributed by atoms with E-state index in [2.05, 4.69) is 31.7 Å². The van der Waals surface area contributed by atoms with Crippen molar-refractivity contribution in [3.05, 3.63) is 215 Å². The fourth-order valence-corrected chi connectivity index (χ4v) is 9.02. The van der Waals surface area contributed by atoms with Crippen LogP contribution in [-0.2, 0) is 80.9 Å². The number of amides is 5. The lowest BCUT2D eigenvalue weighted by atomic mass is 9.99. The second kappa shape index (κ2) is 27.7. The lowest BCUT2D eigenvalue weighted by molar-refractivity contribution is -0.142. The first-order valence-electron chi connectivity index (χ1n) is 23.8. The summed E-state index contributed by atoms with van der Waals surface area (Å²) in [5.41, 5.74) is 4.09. The van der Waals surface area contributed by atoms with Gasteiger partial charge < -0.3 is 40.7 Å². The topological polar surface area (TPSA) is 230 Å². The molecule has 6 aromatic rings. The van der Waals surface area contributed by atoms with Gasteiger partial charge in [-0.2, -0.15) is 0 Å². The summed E-state index contributed by atoms with van der Waals surface area (Å²) in [6.07, 6.45) is -0.0796. The maximum Gasteiger partial charge on any atom is 0.405 e. The highest BCUT2D eigenvalue weighted by atomic mass is 31.2. The zero-order chi connectivity index (χ0) is 52.0. The first kappa shape index (κ1) is 54.6. The Labute approximate surface area is 425 Å². The largest absolute Gasteiger partial charge is 0.480 e. The van der Waals surface area contributed by atoms with Crippen LogP contribution in [0.2, 0.25) is 0 Å². The van der Waals surface area contributed by atoms with Crippen LogP contribution in [0.4, 0.5) is 0 Å². The molecule has 73 heavy (non-hydrogen) atoms. The summed E-state index contributed by atoms with van der Waals surface area (Å²) in [7, 11) is -1.63. The van der Waals surface area contributed by atoms with Crippen LogP contribution >= 0.6 is 7.75 Å². The number of benzene rings is 6. The van der Waals surface area contributed by atoms with E-state index in [4.69, 9.17) is 9.05 Å². The summed E-state index contributed by atoms with van der Waals surface area (Å²) in [6, 6.07) is 45.7. The number of hydrogen-bond donors (Lipinski definition) is 7. The Morgan fingerprint density at radius 2 is 0.548 bits per heavy atom. The van der Waals surface area contributed by atoms with E-state index >= 15 is 0 Å². The molecule has 0 bridgehead atoms. The number of carbonyl (C=O) groups excluding carboxylic acids is 5. The predicted molar refractivity (Wildman–Crippen MR) is 277 cm³/mol. The van der Waals surface area contributed by atoms with Crippen LogP contribution in [0, 0.1) is 0 Å². The van der Waals surface area contributed by atoms with Crippen molar-refractivity contribution in [2.24, 2.45) is 0 Å². The average molecular weight is 1010 g/mol. The van der Waals surface area contributed by atoms with E-state index in [0.29, 0.717) is 33.4 Å². The molecule has 0 radical (unpaired) electrons. The normalized spacial score (nSPS) is 13.7. The van der Waals surface area contributed by atoms with Gasteiger partial charge in [0.15, 0.2) is 0 Å². The SMILES string of the molecule is COP(=O)(N[C@@H](Cc1ccccc1)C(=O)N[C@@H](Cc1ccccc1)C(=O)N[C@@H](Cc1ccccc1)C(=O)N[C@@H](Cc1ccccc1)C(=O)N[C@@H](Cc1ccccc1)C(=O)N[C@@H](Cc1ccccc1)C(=O)O)OC. The zero-order valence-electron chi connectivity index (χ0n) is 40.6. The number of rotatable bonds is 27. The van der Waals surface area contributed by atoms with E-state index in [1.807, 2.05) is 6.07 Å². The van der Waals surface area contributed by atoms with Crippen LogP contribution in [0.25, 0.3) is 0 Å². The highest BCUT2D eigenvalue weighted by Gasteiger charge is 2.36. The highest BCUT2D eigenvalue weighted by Crippen LogP contribution is 2.42. The molecule has 0 aliphatic carbocycles. The van der Waals surface area contributed by atoms with E-state index in [1.165, 1.54) is 14.2 Å². The Morgan fingerprint density at radius 1 is 0.356 bits per heavy atom. The molecule has 7 N–H and O–H groups in total. The maximum absolute atomic E-state index is 14.8. The lowest BCUT2D eigenvalue weighted by Crippen LogP contribution is -2.60. The lowest BCUT2D eigenvalue weighted by Gasteiger charge is -2.28. The molecule has 17 heteroatoms. The Bertz CT molecular complexity index is 2750. The molecular formula is C56H61N6O10P. The molecule has 0 spiro atoms. The highest BCUT2D eigenvalue weighted by molar-refractivity contribution is 7.51. The Morgan fingerprint density at radius 3 is 0.767 bits per heavy atom. The van der Waals surface area contributed by atoms with Gasteiger partial charge in [0.25, 0.3) is 0 Å². The minimum absolute atomic E-state index is 0.0135. The molecule has 0 aromatic heterocycles. The molecule has 0 fully saturated rings. The molecule has 0 heterocycles. The number of carboxylic acid groups (broad SMARTS) is 1. The van der Waals surface area contributed by atoms with Crippen LogP contribution in [0.5, 0.6) is 0 Å². The Balaban J connectivity index is 1.29. The number of nitrogens with one attached hydrogen (secondary N) is 6. The number of carboxylic acids is 1. The summed E-state index contributed by atoms with van der Waals surface area (Å²) in [6.45, 7) is 0. The van der Waals surface area contributed by atoms with Crippen molar-refractivity contribution < 1.29 is 47.5 Å². The third-order valence-corrected chi connectivity index (χ3v) is 13.5. The van der Waals surface area contributed by atoms with Crippen LogP contribution in [0.15, 0.2) is 182 Å². The van der Waals surface area contributed by atoms with Crippen molar-refractivity contribution in [2.45, 2.75) is 74.8 Å². The smallest absolute Gasteiger partial charge is 0.405 e. The molecule has 6 atom stereocenters. The summed E-state index contributed by atoms with van der Waals surface area (Å²) < 4.78 is 23.6. The van der Waals surface area contributed by atoms with Crippen LogP contribution in [-0.4, -0.2) is 91.1 Å². The Hall–Kier alpha value is -7.75. The van der Waals surface area contributed by atoms with Crippen molar-refractivity contribution in [2.75, 3.05) is 14.2 Å². The van der Waals surface area contributed by atoms with Crippen molar-refractivity contribution in [3.63, 3.8) is 0 Å². The van der Waals surface area contributed by atoms with Crippen LogP contribution < -0.4 is 31.7 Å². The quantitative estimate of drug-likeness (QED) is 0.0327. The van der Waals surface area contributed by atoms with Gasteiger partial charge in [-0.3, -0.25) is 24.0 Å². The van der Waals surface area contributed by atoms with Gasteiger partial charge in [-0.25, -0.2) is 14.4 Å². The molecule has 0 saturated carbocycles. The maximum atomic E-state index is 14.8. The van der Waals surface area contributed by atoms with Crippen molar-refractivity contribution in [1.82, 2.24) is 31.7 Å². The van der Waals surface area contributed by atoms with Gasteiger partial charge in [-0.05, 0) is 39.8 Å². The fourth-order valence-electron chi connectivity index (χ4n) is 8.07. The molecule has 380 valence electrons. The van der Waals surface area contributed by atoms with Crippen molar-refractivity contribution >= 4 is 43.3 Å². The number of carbonyl (C=O) groups is 6. The molecule has 0 aliphatic heterocycles. The van der Waals surface area contributed by atoms with E-state index < -0.39 is 79.5 Å². The summed E-state index contributed by atoms with van der Waals surface area (Å²) >= 11 is 0. The van der Waals surface area contributed by atoms with Gasteiger partial charge >= 0.3 is 13.7 Å². The van der Waals surface area contributed by atoms with E-state index in [-0.39, 0.29) is 38.5 Å². The van der Waals surface area contributed by atoms with Gasteiger partial charge in [0.05, 0.1) is 0 Å². The van der Waals surface area contributed by atoms with Crippen molar-refractivity contribution in [3.8, 4) is 0 Å². The first-order valence-corrected chi connectivity index (χ1v) is 25.3. The minimum atomic E-state index is -3.98. The third kappa shape index (κ3) is 17.5. The molecule has 0 saturated heterocycles. The minimum Gasteiger partial charge on any atom is -0.480 e. The molecule has 5 amide bonds. The third-order valence-electron chi connectivity index (χ3n) is 12.0. The molecule has 6 rings (SSSR count). The molecular weight excluding hydrogens is 948 g/mol. The molecule has 16 nitrogen and oxygen atoms in total. The van der Waals surface area contributed by atoms with Gasteiger partial charge in [-0.15, -0.1) is 0 Å². The number of hydrogen-bond acceptors (Lipinski definition) is 9. The van der Waals surface area contributed by atoms with E-state index in [0.717, 1.165) is 0 Å². The Kier molecular flexibility index (Phi) is 20.7. The first-order chi connectivity index (χ1) is 35.3. The summed E-state index contributed by atoms with van der Waals surface area (Å²) in [5.74, 6) is -4.95. The van der Waals surface area contributed by atoms with Gasteiger partial charge in [0, 0.05) is 46.3 Å². The zero-order valence-corrected chi connectivity index (χ0v) is 41.5. The van der Waals surface area contributed by atoms with Gasteiger partial charge in [0.2, 0.25) is 29.5 Å². The molecule has 6 aromatic carbocycles. The summed E-state index contributed by atoms with van der Waals surface area (Å²) in [5, 5.41) is 26.8. The van der Waals surface area contributed by atoms with Gasteiger partial charge in [-0.1, -0.05) is 182 Å². The average Bonchev–Trinajstić information content (AvgIpc) is 3.41. The van der Waals surface area contributed by atoms with Crippen LogP contribution in [0.1, 0.15) is 33.4 Å². The number of aliphatic carboxylic acids is 1. The fraction of sp³-hybridized carbons (Fsp3) is 0.250. The predicted octanol–water partition coefficient (Wildman–Crippen LogP) is 5.31. The second-order valence-electron chi connectivity index (χ2n) is 17.3. The summed E-state index contributed by atoms with van der Waals surface area (Å²) in [4.78, 5) is 85.2.